The predicted octanol–water partition coefficient (Wildman–Crippen LogP) is 1.97. The van der Waals surface area contributed by atoms with E-state index in [2.05, 4.69) is 19.1 Å². The summed E-state index contributed by atoms with van der Waals surface area (Å²) >= 11 is 0. The molecule has 0 saturated heterocycles. The van der Waals surface area contributed by atoms with Crippen molar-refractivity contribution in [2.45, 2.75) is 25.8 Å². The van der Waals surface area contributed by atoms with E-state index >= 15 is 0 Å². The molecule has 1 aromatic rings. The zero-order valence-corrected chi connectivity index (χ0v) is 9.39. The number of hydrogen-bond donors (Lipinski definition) is 2. The Morgan fingerprint density at radius 1 is 1.50 bits per heavy atom. The van der Waals surface area contributed by atoms with Crippen molar-refractivity contribution in [2.24, 2.45) is 17.6 Å². The van der Waals surface area contributed by atoms with Crippen molar-refractivity contribution in [2.75, 3.05) is 0 Å². The standard InChI is InChI=1S/C13H17NO2/c1-2-8-3-5-9(6-4-8)12(14)10-7-11(10)13(15)16/h3-6,10-12H,2,7,14H2,1H3,(H,15,16). The van der Waals surface area contributed by atoms with Crippen LogP contribution in [0.2, 0.25) is 0 Å². The third kappa shape index (κ3) is 2.09. The molecule has 3 nitrogen and oxygen atoms in total. The molecule has 3 atom stereocenters. The molecule has 0 spiro atoms. The summed E-state index contributed by atoms with van der Waals surface area (Å²) in [6, 6.07) is 8.02. The first-order valence-corrected chi connectivity index (χ1v) is 5.70. The maximum Gasteiger partial charge on any atom is 0.306 e. The Kier molecular flexibility index (Phi) is 2.97. The van der Waals surface area contributed by atoms with Gasteiger partial charge in [0.05, 0.1) is 5.92 Å². The Bertz CT molecular complexity index is 385. The van der Waals surface area contributed by atoms with Crippen molar-refractivity contribution in [3.8, 4) is 0 Å². The third-order valence-electron chi connectivity index (χ3n) is 3.39. The van der Waals surface area contributed by atoms with Gasteiger partial charge in [0.15, 0.2) is 0 Å². The molecular weight excluding hydrogens is 202 g/mol. The highest BCUT2D eigenvalue weighted by Gasteiger charge is 2.47. The number of aliphatic carboxylic acids is 1. The molecule has 0 aromatic heterocycles. The lowest BCUT2D eigenvalue weighted by Crippen LogP contribution is -2.15. The Hall–Kier alpha value is -1.35. The summed E-state index contributed by atoms with van der Waals surface area (Å²) in [5, 5.41) is 8.85. The van der Waals surface area contributed by atoms with E-state index in [-0.39, 0.29) is 17.9 Å². The quantitative estimate of drug-likeness (QED) is 0.813. The molecule has 0 radical (unpaired) electrons. The van der Waals surface area contributed by atoms with Gasteiger partial charge in [0.25, 0.3) is 0 Å². The van der Waals surface area contributed by atoms with E-state index in [1.54, 1.807) is 0 Å². The lowest BCUT2D eigenvalue weighted by atomic mass is 10.00. The Labute approximate surface area is 95.3 Å². The van der Waals surface area contributed by atoms with Gasteiger partial charge in [-0.25, -0.2) is 0 Å². The van der Waals surface area contributed by atoms with E-state index in [0.29, 0.717) is 6.42 Å². The molecule has 1 saturated carbocycles. The smallest absolute Gasteiger partial charge is 0.306 e. The summed E-state index contributed by atoms with van der Waals surface area (Å²) in [5.41, 5.74) is 8.38. The van der Waals surface area contributed by atoms with Gasteiger partial charge in [0.1, 0.15) is 0 Å². The van der Waals surface area contributed by atoms with Crippen LogP contribution in [-0.2, 0) is 11.2 Å². The second-order valence-electron chi connectivity index (χ2n) is 4.47. The minimum atomic E-state index is -0.717. The number of aryl methyl sites for hydroxylation is 1. The Morgan fingerprint density at radius 3 is 2.56 bits per heavy atom. The fraction of sp³-hybridized carbons (Fsp3) is 0.462. The van der Waals surface area contributed by atoms with Crippen molar-refractivity contribution in [1.82, 2.24) is 0 Å². The van der Waals surface area contributed by atoms with Gasteiger partial charge < -0.3 is 10.8 Å². The van der Waals surface area contributed by atoms with Crippen LogP contribution in [0.1, 0.15) is 30.5 Å². The summed E-state index contributed by atoms with van der Waals surface area (Å²) in [7, 11) is 0. The number of rotatable bonds is 4. The SMILES string of the molecule is CCc1ccc(C(N)C2CC2C(=O)O)cc1. The lowest BCUT2D eigenvalue weighted by Gasteiger charge is -2.11. The van der Waals surface area contributed by atoms with Crippen LogP contribution in [-0.4, -0.2) is 11.1 Å². The van der Waals surface area contributed by atoms with Crippen LogP contribution >= 0.6 is 0 Å². The van der Waals surface area contributed by atoms with E-state index < -0.39 is 5.97 Å². The first kappa shape index (κ1) is 11.1. The minimum absolute atomic E-state index is 0.116. The molecule has 1 fully saturated rings. The minimum Gasteiger partial charge on any atom is -0.481 e. The summed E-state index contributed by atoms with van der Waals surface area (Å²) in [6.07, 6.45) is 1.72. The van der Waals surface area contributed by atoms with Gasteiger partial charge in [-0.3, -0.25) is 4.79 Å². The van der Waals surface area contributed by atoms with Crippen LogP contribution in [0.15, 0.2) is 24.3 Å². The number of carboxylic acids is 1. The van der Waals surface area contributed by atoms with Crippen molar-refractivity contribution in [1.29, 1.82) is 0 Å². The molecule has 1 aliphatic rings. The predicted molar refractivity (Wildman–Crippen MR) is 62.0 cm³/mol. The second kappa shape index (κ2) is 4.26. The van der Waals surface area contributed by atoms with Crippen LogP contribution in [0, 0.1) is 11.8 Å². The van der Waals surface area contributed by atoms with E-state index in [4.69, 9.17) is 10.8 Å². The molecule has 86 valence electrons. The summed E-state index contributed by atoms with van der Waals surface area (Å²) in [4.78, 5) is 10.8. The van der Waals surface area contributed by atoms with Crippen LogP contribution in [0.4, 0.5) is 0 Å². The lowest BCUT2D eigenvalue weighted by molar-refractivity contribution is -0.138. The van der Waals surface area contributed by atoms with E-state index in [9.17, 15) is 4.79 Å². The first-order valence-electron chi connectivity index (χ1n) is 5.70. The topological polar surface area (TPSA) is 63.3 Å². The summed E-state index contributed by atoms with van der Waals surface area (Å²) in [6.45, 7) is 2.11. The number of hydrogen-bond acceptors (Lipinski definition) is 2. The van der Waals surface area contributed by atoms with Crippen molar-refractivity contribution < 1.29 is 9.90 Å². The fourth-order valence-electron chi connectivity index (χ4n) is 2.12. The highest BCUT2D eigenvalue weighted by atomic mass is 16.4. The summed E-state index contributed by atoms with van der Waals surface area (Å²) in [5.74, 6) is -0.837. The number of carboxylic acid groups (broad SMARTS) is 1. The van der Waals surface area contributed by atoms with E-state index in [1.807, 2.05) is 12.1 Å². The number of nitrogens with two attached hydrogens (primary N) is 1. The van der Waals surface area contributed by atoms with Gasteiger partial charge in [-0.1, -0.05) is 31.2 Å². The zero-order valence-electron chi connectivity index (χ0n) is 9.39. The largest absolute Gasteiger partial charge is 0.481 e. The van der Waals surface area contributed by atoms with Gasteiger partial charge in [0, 0.05) is 6.04 Å². The first-order chi connectivity index (χ1) is 7.63. The number of benzene rings is 1. The van der Waals surface area contributed by atoms with Crippen molar-refractivity contribution in [3.63, 3.8) is 0 Å². The number of carbonyl (C=O) groups is 1. The van der Waals surface area contributed by atoms with Crippen LogP contribution in [0.5, 0.6) is 0 Å². The summed E-state index contributed by atoms with van der Waals surface area (Å²) < 4.78 is 0. The molecular formula is C13H17NO2. The maximum absolute atomic E-state index is 10.8. The molecule has 1 aliphatic carbocycles. The van der Waals surface area contributed by atoms with Gasteiger partial charge >= 0.3 is 5.97 Å². The molecule has 3 N–H and O–H groups in total. The van der Waals surface area contributed by atoms with Crippen molar-refractivity contribution >= 4 is 5.97 Å². The normalized spacial score (nSPS) is 25.1. The van der Waals surface area contributed by atoms with Gasteiger partial charge in [-0.2, -0.15) is 0 Å². The third-order valence-corrected chi connectivity index (χ3v) is 3.39. The van der Waals surface area contributed by atoms with E-state index in [1.165, 1.54) is 5.56 Å². The van der Waals surface area contributed by atoms with Gasteiger partial charge in [-0.05, 0) is 29.9 Å². The molecule has 0 heterocycles. The monoisotopic (exact) mass is 219 g/mol. The molecule has 3 unspecified atom stereocenters. The molecule has 1 aromatic carbocycles. The average Bonchev–Trinajstić information content (AvgIpc) is 3.08. The second-order valence-corrected chi connectivity index (χ2v) is 4.47. The molecule has 0 aliphatic heterocycles. The van der Waals surface area contributed by atoms with Gasteiger partial charge in [0.2, 0.25) is 0 Å². The van der Waals surface area contributed by atoms with Crippen molar-refractivity contribution in [3.05, 3.63) is 35.4 Å². The van der Waals surface area contributed by atoms with E-state index in [0.717, 1.165) is 12.0 Å². The maximum atomic E-state index is 10.8. The fourth-order valence-corrected chi connectivity index (χ4v) is 2.12. The molecule has 2 rings (SSSR count). The average molecular weight is 219 g/mol. The zero-order chi connectivity index (χ0) is 11.7. The Balaban J connectivity index is 2.04. The van der Waals surface area contributed by atoms with Crippen LogP contribution in [0.25, 0.3) is 0 Å². The Morgan fingerprint density at radius 2 is 2.12 bits per heavy atom. The highest BCUT2D eigenvalue weighted by Crippen LogP contribution is 2.46. The molecule has 0 amide bonds. The molecule has 3 heteroatoms. The molecule has 0 bridgehead atoms. The molecule has 16 heavy (non-hydrogen) atoms. The van der Waals surface area contributed by atoms with Crippen LogP contribution < -0.4 is 5.73 Å². The highest BCUT2D eigenvalue weighted by molar-refractivity contribution is 5.73. The van der Waals surface area contributed by atoms with Gasteiger partial charge in [-0.15, -0.1) is 0 Å². The van der Waals surface area contributed by atoms with Crippen LogP contribution in [0.3, 0.4) is 0 Å².